The Labute approximate surface area is 154 Å². The zero-order valence-corrected chi connectivity index (χ0v) is 15.4. The summed E-state index contributed by atoms with van der Waals surface area (Å²) in [4.78, 5) is 41.9. The average Bonchev–Trinajstić information content (AvgIpc) is 2.95. The van der Waals surface area contributed by atoms with Crippen LogP contribution in [0.4, 0.5) is 0 Å². The molecule has 2 aliphatic heterocycles. The molecule has 3 amide bonds. The van der Waals surface area contributed by atoms with Crippen molar-refractivity contribution in [2.45, 2.75) is 39.2 Å². The molecule has 2 fully saturated rings. The summed E-state index contributed by atoms with van der Waals surface area (Å²) in [7, 11) is 0. The summed E-state index contributed by atoms with van der Waals surface area (Å²) in [6, 6.07) is 7.43. The first kappa shape index (κ1) is 18.4. The van der Waals surface area contributed by atoms with Gasteiger partial charge in [-0.3, -0.25) is 14.4 Å². The summed E-state index contributed by atoms with van der Waals surface area (Å²) in [6.45, 7) is 5.63. The highest BCUT2D eigenvalue weighted by Crippen LogP contribution is 2.16. The normalized spacial score (nSPS) is 18.9. The van der Waals surface area contributed by atoms with Crippen LogP contribution < -0.4 is 0 Å². The zero-order valence-electron chi connectivity index (χ0n) is 15.4. The van der Waals surface area contributed by atoms with Gasteiger partial charge in [0.05, 0.1) is 0 Å². The fourth-order valence-corrected chi connectivity index (χ4v) is 3.60. The predicted molar refractivity (Wildman–Crippen MR) is 98.5 cm³/mol. The van der Waals surface area contributed by atoms with Crippen LogP contribution in [0.5, 0.6) is 0 Å². The molecule has 140 valence electrons. The molecule has 6 heteroatoms. The molecule has 1 aromatic rings. The van der Waals surface area contributed by atoms with Crippen molar-refractivity contribution in [2.75, 3.05) is 32.7 Å². The van der Waals surface area contributed by atoms with Gasteiger partial charge in [0.1, 0.15) is 0 Å². The molecule has 2 heterocycles. The molecule has 0 unspecified atom stereocenters. The predicted octanol–water partition coefficient (Wildman–Crippen LogP) is 1.89. The lowest BCUT2D eigenvalue weighted by Crippen LogP contribution is -2.53. The molecule has 3 rings (SSSR count). The molecule has 2 aliphatic rings. The Kier molecular flexibility index (Phi) is 5.91. The lowest BCUT2D eigenvalue weighted by Gasteiger charge is -2.33. The first-order chi connectivity index (χ1) is 12.6. The van der Waals surface area contributed by atoms with Crippen molar-refractivity contribution in [1.29, 1.82) is 0 Å². The fraction of sp³-hybridized carbons (Fsp3) is 0.550. The van der Waals surface area contributed by atoms with Crippen LogP contribution >= 0.6 is 0 Å². The Morgan fingerprint density at radius 3 is 2.04 bits per heavy atom. The van der Waals surface area contributed by atoms with Crippen LogP contribution in [0.25, 0.3) is 0 Å². The molecular weight excluding hydrogens is 330 g/mol. The van der Waals surface area contributed by atoms with E-state index < -0.39 is 11.8 Å². The Balaban J connectivity index is 1.62. The monoisotopic (exact) mass is 357 g/mol. The lowest BCUT2D eigenvalue weighted by molar-refractivity contribution is -0.156. The summed E-state index contributed by atoms with van der Waals surface area (Å²) in [5.74, 6) is -0.782. The number of hydrogen-bond acceptors (Lipinski definition) is 3. The maximum Gasteiger partial charge on any atom is 0.312 e. The third-order valence-electron chi connectivity index (χ3n) is 5.25. The number of hydrogen-bond donors (Lipinski definition) is 0. The molecule has 0 bridgehead atoms. The van der Waals surface area contributed by atoms with Crippen LogP contribution in [-0.4, -0.2) is 65.1 Å². The maximum atomic E-state index is 12.6. The van der Waals surface area contributed by atoms with Gasteiger partial charge in [0.25, 0.3) is 5.91 Å². The highest BCUT2D eigenvalue weighted by atomic mass is 16.2. The molecule has 2 saturated heterocycles. The minimum Gasteiger partial charge on any atom is -0.339 e. The summed E-state index contributed by atoms with van der Waals surface area (Å²) < 4.78 is 0. The Morgan fingerprint density at radius 2 is 1.42 bits per heavy atom. The maximum absolute atomic E-state index is 12.6. The van der Waals surface area contributed by atoms with E-state index in [-0.39, 0.29) is 5.91 Å². The molecule has 0 radical (unpaired) electrons. The second-order valence-electron chi connectivity index (χ2n) is 7.01. The largest absolute Gasteiger partial charge is 0.339 e. The molecular formula is C20H27N3O3. The quantitative estimate of drug-likeness (QED) is 0.773. The van der Waals surface area contributed by atoms with E-state index >= 15 is 0 Å². The Hall–Kier alpha value is -2.37. The smallest absolute Gasteiger partial charge is 0.312 e. The molecule has 26 heavy (non-hydrogen) atoms. The van der Waals surface area contributed by atoms with Crippen molar-refractivity contribution in [3.05, 3.63) is 35.4 Å². The number of piperazine rings is 1. The average molecular weight is 357 g/mol. The van der Waals surface area contributed by atoms with Gasteiger partial charge in [-0.25, -0.2) is 0 Å². The van der Waals surface area contributed by atoms with E-state index in [1.165, 1.54) is 12.8 Å². The summed E-state index contributed by atoms with van der Waals surface area (Å²) in [6.07, 6.45) is 4.54. The Morgan fingerprint density at radius 1 is 0.846 bits per heavy atom. The number of rotatable bonds is 4. The molecule has 1 aromatic carbocycles. The summed E-state index contributed by atoms with van der Waals surface area (Å²) in [5.41, 5.74) is 1.62. The van der Waals surface area contributed by atoms with E-state index in [4.69, 9.17) is 0 Å². The number of benzene rings is 1. The van der Waals surface area contributed by atoms with Crippen molar-refractivity contribution in [3.63, 3.8) is 0 Å². The van der Waals surface area contributed by atoms with Crippen LogP contribution in [0.15, 0.2) is 24.3 Å². The van der Waals surface area contributed by atoms with E-state index in [1.54, 1.807) is 9.80 Å². The van der Waals surface area contributed by atoms with Gasteiger partial charge in [-0.1, -0.05) is 25.0 Å². The first-order valence-electron chi connectivity index (χ1n) is 9.56. The minimum atomic E-state index is -0.442. The van der Waals surface area contributed by atoms with Crippen LogP contribution in [0, 0.1) is 0 Å². The Bertz CT molecular complexity index is 663. The molecule has 0 aliphatic carbocycles. The number of amides is 3. The van der Waals surface area contributed by atoms with Gasteiger partial charge in [0.2, 0.25) is 0 Å². The second kappa shape index (κ2) is 8.34. The molecule has 0 atom stereocenters. The number of carbonyl (C=O) groups is 3. The van der Waals surface area contributed by atoms with Crippen molar-refractivity contribution < 1.29 is 14.4 Å². The number of carbonyl (C=O) groups excluding carboxylic acids is 3. The lowest BCUT2D eigenvalue weighted by atomic mass is 10.1. The highest BCUT2D eigenvalue weighted by molar-refractivity contribution is 6.35. The number of likely N-dealkylation sites (N-methyl/N-ethyl adjacent to an activating group) is 1. The highest BCUT2D eigenvalue weighted by Gasteiger charge is 2.31. The van der Waals surface area contributed by atoms with Crippen molar-refractivity contribution in [2.24, 2.45) is 0 Å². The molecule has 0 spiro atoms. The zero-order chi connectivity index (χ0) is 18.5. The van der Waals surface area contributed by atoms with Crippen LogP contribution in [0.3, 0.4) is 0 Å². The van der Waals surface area contributed by atoms with E-state index in [2.05, 4.69) is 0 Å². The van der Waals surface area contributed by atoms with Gasteiger partial charge in [0.15, 0.2) is 0 Å². The third-order valence-corrected chi connectivity index (χ3v) is 5.25. The number of likely N-dealkylation sites (tertiary alicyclic amines) is 1. The minimum absolute atomic E-state index is 0.0845. The third kappa shape index (κ3) is 4.06. The van der Waals surface area contributed by atoms with Crippen LogP contribution in [0.1, 0.15) is 48.5 Å². The van der Waals surface area contributed by atoms with Gasteiger partial charge >= 0.3 is 11.8 Å². The van der Waals surface area contributed by atoms with Gasteiger partial charge in [-0.15, -0.1) is 0 Å². The molecule has 0 saturated carbocycles. The molecule has 0 aromatic heterocycles. The first-order valence-corrected chi connectivity index (χ1v) is 9.56. The summed E-state index contributed by atoms with van der Waals surface area (Å²) >= 11 is 0. The fourth-order valence-electron chi connectivity index (χ4n) is 3.60. The van der Waals surface area contributed by atoms with E-state index in [1.807, 2.05) is 36.1 Å². The topological polar surface area (TPSA) is 60.9 Å². The van der Waals surface area contributed by atoms with Crippen LogP contribution in [-0.2, 0) is 16.1 Å². The van der Waals surface area contributed by atoms with E-state index in [0.717, 1.165) is 31.5 Å². The van der Waals surface area contributed by atoms with Gasteiger partial charge in [-0.05, 0) is 37.5 Å². The van der Waals surface area contributed by atoms with Crippen molar-refractivity contribution >= 4 is 17.7 Å². The summed E-state index contributed by atoms with van der Waals surface area (Å²) in [5, 5.41) is 0. The standard InChI is InChI=1S/C20H27N3O3/c1-2-21-13-14-23(20(26)19(21)25)15-16-7-9-17(10-8-16)18(24)22-11-5-3-4-6-12-22/h7-10H,2-6,11-15H2,1H3. The van der Waals surface area contributed by atoms with Crippen molar-refractivity contribution in [1.82, 2.24) is 14.7 Å². The molecule has 6 nitrogen and oxygen atoms in total. The van der Waals surface area contributed by atoms with Crippen LogP contribution in [0.2, 0.25) is 0 Å². The van der Waals surface area contributed by atoms with Crippen molar-refractivity contribution in [3.8, 4) is 0 Å². The van der Waals surface area contributed by atoms with Gasteiger partial charge in [0, 0.05) is 44.8 Å². The second-order valence-corrected chi connectivity index (χ2v) is 7.01. The van der Waals surface area contributed by atoms with Gasteiger partial charge in [-0.2, -0.15) is 0 Å². The van der Waals surface area contributed by atoms with E-state index in [9.17, 15) is 14.4 Å². The molecule has 0 N–H and O–H groups in total. The van der Waals surface area contributed by atoms with E-state index in [0.29, 0.717) is 31.7 Å². The van der Waals surface area contributed by atoms with Gasteiger partial charge < -0.3 is 14.7 Å². The number of nitrogens with zero attached hydrogens (tertiary/aromatic N) is 3. The SMILES string of the molecule is CCN1CCN(Cc2ccc(C(=O)N3CCCCCC3)cc2)C(=O)C1=O.